The third-order valence-corrected chi connectivity index (χ3v) is 2.96. The fraction of sp³-hybridized carbons (Fsp3) is 0.267. The van der Waals surface area contributed by atoms with Crippen molar-refractivity contribution in [3.63, 3.8) is 0 Å². The minimum absolute atomic E-state index is 0.223. The lowest BCUT2D eigenvalue weighted by molar-refractivity contribution is 0.460. The molecule has 3 nitrogen and oxygen atoms in total. The molecule has 106 valence electrons. The van der Waals surface area contributed by atoms with E-state index in [9.17, 15) is 4.39 Å². The van der Waals surface area contributed by atoms with Gasteiger partial charge in [0.05, 0.1) is 5.02 Å². The van der Waals surface area contributed by atoms with Crippen molar-refractivity contribution in [3.8, 4) is 11.6 Å². The Morgan fingerprint density at radius 2 is 2.15 bits per heavy atom. The summed E-state index contributed by atoms with van der Waals surface area (Å²) in [5, 5.41) is 3.53. The van der Waals surface area contributed by atoms with Gasteiger partial charge in [0.25, 0.3) is 0 Å². The van der Waals surface area contributed by atoms with Crippen LogP contribution in [0.15, 0.2) is 36.5 Å². The van der Waals surface area contributed by atoms with E-state index in [1.54, 1.807) is 6.20 Å². The second kappa shape index (κ2) is 7.22. The smallest absolute Gasteiger partial charge is 0.219 e. The summed E-state index contributed by atoms with van der Waals surface area (Å²) >= 11 is 5.92. The van der Waals surface area contributed by atoms with Gasteiger partial charge in [-0.3, -0.25) is 0 Å². The second-order valence-corrected chi connectivity index (χ2v) is 4.76. The zero-order chi connectivity index (χ0) is 14.4. The highest BCUT2D eigenvalue weighted by Crippen LogP contribution is 2.29. The molecule has 1 aromatic heterocycles. The van der Waals surface area contributed by atoms with Gasteiger partial charge in [-0.2, -0.15) is 0 Å². The summed E-state index contributed by atoms with van der Waals surface area (Å²) in [7, 11) is 0. The minimum atomic E-state index is -0.396. The highest BCUT2D eigenvalue weighted by molar-refractivity contribution is 6.32. The zero-order valence-corrected chi connectivity index (χ0v) is 12.0. The topological polar surface area (TPSA) is 34.2 Å². The SMILES string of the molecule is CCCNCc1ccnc(Oc2ccc(F)cc2Cl)c1. The van der Waals surface area contributed by atoms with E-state index in [-0.39, 0.29) is 5.02 Å². The van der Waals surface area contributed by atoms with Crippen LogP contribution in [0.2, 0.25) is 5.02 Å². The summed E-state index contributed by atoms with van der Waals surface area (Å²) in [6.45, 7) is 3.83. The Labute approximate surface area is 122 Å². The molecule has 2 aromatic rings. The van der Waals surface area contributed by atoms with Crippen molar-refractivity contribution in [2.45, 2.75) is 19.9 Å². The first-order valence-corrected chi connectivity index (χ1v) is 6.85. The quantitative estimate of drug-likeness (QED) is 0.812. The van der Waals surface area contributed by atoms with E-state index in [4.69, 9.17) is 16.3 Å². The second-order valence-electron chi connectivity index (χ2n) is 4.36. The summed E-state index contributed by atoms with van der Waals surface area (Å²) in [6, 6.07) is 7.75. The van der Waals surface area contributed by atoms with Crippen molar-refractivity contribution in [2.75, 3.05) is 6.54 Å². The largest absolute Gasteiger partial charge is 0.437 e. The van der Waals surface area contributed by atoms with Gasteiger partial charge in [0.15, 0.2) is 0 Å². The molecule has 20 heavy (non-hydrogen) atoms. The van der Waals surface area contributed by atoms with Gasteiger partial charge in [0.2, 0.25) is 5.88 Å². The van der Waals surface area contributed by atoms with Crippen LogP contribution in [0, 0.1) is 5.82 Å². The first-order valence-electron chi connectivity index (χ1n) is 6.47. The molecule has 0 saturated carbocycles. The number of ether oxygens (including phenoxy) is 1. The van der Waals surface area contributed by atoms with Crippen LogP contribution in [-0.4, -0.2) is 11.5 Å². The van der Waals surface area contributed by atoms with Crippen LogP contribution >= 0.6 is 11.6 Å². The Morgan fingerprint density at radius 1 is 1.30 bits per heavy atom. The first-order chi connectivity index (χ1) is 9.69. The van der Waals surface area contributed by atoms with E-state index in [0.717, 1.165) is 25.1 Å². The number of aromatic nitrogens is 1. The highest BCUT2D eigenvalue weighted by atomic mass is 35.5. The van der Waals surface area contributed by atoms with E-state index >= 15 is 0 Å². The van der Waals surface area contributed by atoms with Crippen LogP contribution in [0.1, 0.15) is 18.9 Å². The van der Waals surface area contributed by atoms with Gasteiger partial charge in [-0.1, -0.05) is 18.5 Å². The molecule has 0 saturated heterocycles. The number of nitrogens with one attached hydrogen (secondary N) is 1. The van der Waals surface area contributed by atoms with Gasteiger partial charge in [-0.25, -0.2) is 9.37 Å². The van der Waals surface area contributed by atoms with Gasteiger partial charge < -0.3 is 10.1 Å². The number of rotatable bonds is 6. The Bertz CT molecular complexity index is 578. The van der Waals surface area contributed by atoms with Crippen LogP contribution in [0.4, 0.5) is 4.39 Å². The molecule has 2 rings (SSSR count). The lowest BCUT2D eigenvalue weighted by atomic mass is 10.2. The third-order valence-electron chi connectivity index (χ3n) is 2.66. The van der Waals surface area contributed by atoms with Gasteiger partial charge in [0.1, 0.15) is 11.6 Å². The Hall–Kier alpha value is -1.65. The molecular weight excluding hydrogens is 279 g/mol. The monoisotopic (exact) mass is 294 g/mol. The molecule has 0 aliphatic rings. The average molecular weight is 295 g/mol. The molecule has 0 unspecified atom stereocenters. The maximum Gasteiger partial charge on any atom is 0.219 e. The number of benzene rings is 1. The lowest BCUT2D eigenvalue weighted by Crippen LogP contribution is -2.13. The molecule has 1 N–H and O–H groups in total. The molecule has 1 aromatic carbocycles. The van der Waals surface area contributed by atoms with Crippen molar-refractivity contribution in [1.29, 1.82) is 0 Å². The lowest BCUT2D eigenvalue weighted by Gasteiger charge is -2.08. The first kappa shape index (κ1) is 14.8. The molecule has 0 aliphatic heterocycles. The average Bonchev–Trinajstić information content (AvgIpc) is 2.43. The van der Waals surface area contributed by atoms with Crippen molar-refractivity contribution in [2.24, 2.45) is 0 Å². The van der Waals surface area contributed by atoms with Gasteiger partial charge in [-0.05, 0) is 42.8 Å². The van der Waals surface area contributed by atoms with Gasteiger partial charge in [0, 0.05) is 18.8 Å². The molecule has 0 aliphatic carbocycles. The fourth-order valence-electron chi connectivity index (χ4n) is 1.70. The highest BCUT2D eigenvalue weighted by Gasteiger charge is 2.06. The molecule has 0 amide bonds. The van der Waals surface area contributed by atoms with Crippen LogP contribution < -0.4 is 10.1 Å². The van der Waals surface area contributed by atoms with Crippen molar-refractivity contribution in [1.82, 2.24) is 10.3 Å². The van der Waals surface area contributed by atoms with Crippen LogP contribution in [-0.2, 0) is 6.54 Å². The summed E-state index contributed by atoms with van der Waals surface area (Å²) in [6.07, 6.45) is 2.76. The van der Waals surface area contributed by atoms with Crippen LogP contribution in [0.5, 0.6) is 11.6 Å². The summed E-state index contributed by atoms with van der Waals surface area (Å²) < 4.78 is 18.5. The van der Waals surface area contributed by atoms with E-state index < -0.39 is 5.82 Å². The number of halogens is 2. The summed E-state index contributed by atoms with van der Waals surface area (Å²) in [4.78, 5) is 4.12. The van der Waals surface area contributed by atoms with Gasteiger partial charge in [-0.15, -0.1) is 0 Å². The molecule has 0 atom stereocenters. The Morgan fingerprint density at radius 3 is 2.90 bits per heavy atom. The minimum Gasteiger partial charge on any atom is -0.437 e. The predicted molar refractivity (Wildman–Crippen MR) is 77.7 cm³/mol. The maximum atomic E-state index is 13.0. The van der Waals surface area contributed by atoms with E-state index in [2.05, 4.69) is 17.2 Å². The molecule has 0 bridgehead atoms. The van der Waals surface area contributed by atoms with Crippen LogP contribution in [0.3, 0.4) is 0 Å². The van der Waals surface area contributed by atoms with Crippen LogP contribution in [0.25, 0.3) is 0 Å². The molecule has 0 radical (unpaired) electrons. The fourth-order valence-corrected chi connectivity index (χ4v) is 1.90. The molecular formula is C15H16ClFN2O. The van der Waals surface area contributed by atoms with Crippen molar-refractivity contribution < 1.29 is 9.13 Å². The van der Waals surface area contributed by atoms with Crippen molar-refractivity contribution in [3.05, 3.63) is 52.9 Å². The molecule has 0 spiro atoms. The predicted octanol–water partition coefficient (Wildman–Crippen LogP) is 4.17. The molecule has 1 heterocycles. The normalized spacial score (nSPS) is 10.6. The molecule has 5 heteroatoms. The maximum absolute atomic E-state index is 13.0. The number of hydrogen-bond acceptors (Lipinski definition) is 3. The zero-order valence-electron chi connectivity index (χ0n) is 11.2. The number of nitrogens with zero attached hydrogens (tertiary/aromatic N) is 1. The van der Waals surface area contributed by atoms with E-state index in [0.29, 0.717) is 11.6 Å². The summed E-state index contributed by atoms with van der Waals surface area (Å²) in [5.74, 6) is 0.432. The van der Waals surface area contributed by atoms with Gasteiger partial charge >= 0.3 is 0 Å². The Kier molecular flexibility index (Phi) is 5.32. The third kappa shape index (κ3) is 4.18. The van der Waals surface area contributed by atoms with Crippen molar-refractivity contribution >= 4 is 11.6 Å². The Balaban J connectivity index is 2.07. The summed E-state index contributed by atoms with van der Waals surface area (Å²) in [5.41, 5.74) is 1.07. The van der Waals surface area contributed by atoms with E-state index in [1.165, 1.54) is 18.2 Å². The number of hydrogen-bond donors (Lipinski definition) is 1. The standard InChI is InChI=1S/C15H16ClFN2O/c1-2-6-18-10-11-5-7-19-15(8-11)20-14-4-3-12(17)9-13(14)16/h3-5,7-9,18H,2,6,10H2,1H3. The van der Waals surface area contributed by atoms with E-state index in [1.807, 2.05) is 12.1 Å². The molecule has 0 fully saturated rings. The number of pyridine rings is 1.